The Morgan fingerprint density at radius 1 is 1.09 bits per heavy atom. The summed E-state index contributed by atoms with van der Waals surface area (Å²) in [7, 11) is 0. The first-order chi connectivity index (χ1) is 10.4. The minimum Gasteiger partial charge on any atom is -0.273 e. The monoisotopic (exact) mass is 306 g/mol. The van der Waals surface area contributed by atoms with Gasteiger partial charge in [-0.05, 0) is 23.3 Å². The molecule has 2 aromatic rings. The van der Waals surface area contributed by atoms with Crippen LogP contribution in [0.2, 0.25) is 0 Å². The van der Waals surface area contributed by atoms with Gasteiger partial charge in [0, 0.05) is 0 Å². The summed E-state index contributed by atoms with van der Waals surface area (Å²) in [6.45, 7) is 0. The molecule has 0 saturated carbocycles. The Labute approximate surface area is 125 Å². The van der Waals surface area contributed by atoms with E-state index >= 15 is 0 Å². The van der Waals surface area contributed by atoms with Gasteiger partial charge in [-0.3, -0.25) is 4.79 Å². The summed E-state index contributed by atoms with van der Waals surface area (Å²) in [5, 5.41) is 3.67. The van der Waals surface area contributed by atoms with Gasteiger partial charge in [0.25, 0.3) is 0 Å². The van der Waals surface area contributed by atoms with Crippen LogP contribution in [0.5, 0.6) is 0 Å². The van der Waals surface area contributed by atoms with Crippen LogP contribution in [-0.2, 0) is 17.4 Å². The fraction of sp³-hybridized carbons (Fsp3) is 0.125. The molecular weight excluding hydrogens is 293 g/mol. The maximum Gasteiger partial charge on any atom is 0.416 e. The van der Waals surface area contributed by atoms with Gasteiger partial charge in [0.2, 0.25) is 5.91 Å². The van der Waals surface area contributed by atoms with E-state index in [2.05, 4.69) is 10.5 Å². The van der Waals surface area contributed by atoms with Gasteiger partial charge >= 0.3 is 6.18 Å². The molecule has 2 aromatic carbocycles. The second kappa shape index (κ2) is 6.89. The van der Waals surface area contributed by atoms with Gasteiger partial charge in [-0.15, -0.1) is 0 Å². The predicted molar refractivity (Wildman–Crippen MR) is 77.3 cm³/mol. The molecule has 114 valence electrons. The van der Waals surface area contributed by atoms with Crippen LogP contribution in [0, 0.1) is 0 Å². The molecule has 22 heavy (non-hydrogen) atoms. The number of carbonyl (C=O) groups is 1. The lowest BCUT2D eigenvalue weighted by atomic mass is 10.1. The number of benzene rings is 2. The maximum absolute atomic E-state index is 12.5. The van der Waals surface area contributed by atoms with Gasteiger partial charge in [-0.2, -0.15) is 18.3 Å². The fourth-order valence-corrected chi connectivity index (χ4v) is 1.79. The van der Waals surface area contributed by atoms with Crippen LogP contribution in [0.4, 0.5) is 13.2 Å². The van der Waals surface area contributed by atoms with Gasteiger partial charge < -0.3 is 0 Å². The van der Waals surface area contributed by atoms with Gasteiger partial charge in [0.05, 0.1) is 18.2 Å². The molecule has 0 atom stereocenters. The smallest absolute Gasteiger partial charge is 0.273 e. The second-order valence-corrected chi connectivity index (χ2v) is 4.58. The van der Waals surface area contributed by atoms with E-state index in [0.29, 0.717) is 0 Å². The zero-order chi connectivity index (χ0) is 16.0. The van der Waals surface area contributed by atoms with Crippen molar-refractivity contribution in [1.82, 2.24) is 5.43 Å². The molecule has 0 unspecified atom stereocenters. The molecule has 0 heterocycles. The summed E-state index contributed by atoms with van der Waals surface area (Å²) >= 11 is 0. The average molecular weight is 306 g/mol. The number of alkyl halides is 3. The Bertz CT molecular complexity index is 667. The first kappa shape index (κ1) is 15.8. The Balaban J connectivity index is 1.94. The molecule has 0 saturated heterocycles. The summed E-state index contributed by atoms with van der Waals surface area (Å²) in [6.07, 6.45) is -3.07. The molecule has 0 aliphatic carbocycles. The quantitative estimate of drug-likeness (QED) is 0.682. The zero-order valence-electron chi connectivity index (χ0n) is 11.5. The van der Waals surface area contributed by atoms with Crippen LogP contribution in [-0.4, -0.2) is 12.1 Å². The van der Waals surface area contributed by atoms with Crippen LogP contribution in [0.3, 0.4) is 0 Å². The first-order valence-electron chi connectivity index (χ1n) is 6.48. The molecule has 0 fully saturated rings. The van der Waals surface area contributed by atoms with E-state index in [4.69, 9.17) is 0 Å². The summed E-state index contributed by atoms with van der Waals surface area (Å²) < 4.78 is 37.6. The lowest BCUT2D eigenvalue weighted by Gasteiger charge is -2.06. The lowest BCUT2D eigenvalue weighted by Crippen LogP contribution is -2.19. The van der Waals surface area contributed by atoms with Crippen LogP contribution < -0.4 is 5.43 Å². The number of carbonyl (C=O) groups excluding carboxylic acids is 1. The molecule has 0 radical (unpaired) electrons. The van der Waals surface area contributed by atoms with Gasteiger partial charge in [0.1, 0.15) is 0 Å². The highest BCUT2D eigenvalue weighted by Crippen LogP contribution is 2.29. The average Bonchev–Trinajstić information content (AvgIpc) is 2.48. The van der Waals surface area contributed by atoms with Crippen molar-refractivity contribution in [2.45, 2.75) is 12.6 Å². The number of nitrogens with one attached hydrogen (secondary N) is 1. The summed E-state index contributed by atoms with van der Waals surface area (Å²) in [5.41, 5.74) is 2.62. The first-order valence-corrected chi connectivity index (χ1v) is 6.48. The minimum atomic E-state index is -4.40. The SMILES string of the molecule is O=C(Cc1ccccc1)N/N=C\c1cccc(C(F)(F)F)c1. The molecule has 0 bridgehead atoms. The van der Waals surface area contributed by atoms with Crippen molar-refractivity contribution in [3.8, 4) is 0 Å². The topological polar surface area (TPSA) is 41.5 Å². The van der Waals surface area contributed by atoms with E-state index in [1.165, 1.54) is 18.3 Å². The van der Waals surface area contributed by atoms with Crippen LogP contribution in [0.15, 0.2) is 59.7 Å². The molecule has 0 aromatic heterocycles. The number of amides is 1. The van der Waals surface area contributed by atoms with Crippen LogP contribution >= 0.6 is 0 Å². The van der Waals surface area contributed by atoms with Gasteiger partial charge in [0.15, 0.2) is 0 Å². The second-order valence-electron chi connectivity index (χ2n) is 4.58. The standard InChI is InChI=1S/C16H13F3N2O/c17-16(18,19)14-8-4-7-13(9-14)11-20-21-15(22)10-12-5-2-1-3-6-12/h1-9,11H,10H2,(H,21,22)/b20-11-. The zero-order valence-corrected chi connectivity index (χ0v) is 11.5. The van der Waals surface area contributed by atoms with Crippen molar-refractivity contribution >= 4 is 12.1 Å². The molecule has 1 amide bonds. The highest BCUT2D eigenvalue weighted by molar-refractivity contribution is 5.83. The number of hydrogen-bond acceptors (Lipinski definition) is 2. The number of hydrazone groups is 1. The number of nitrogens with zero attached hydrogens (tertiary/aromatic N) is 1. The number of rotatable bonds is 4. The molecule has 1 N–H and O–H groups in total. The maximum atomic E-state index is 12.5. The Kier molecular flexibility index (Phi) is 4.93. The van der Waals surface area contributed by atoms with E-state index in [0.717, 1.165) is 17.7 Å². The Morgan fingerprint density at radius 3 is 2.50 bits per heavy atom. The number of halogens is 3. The highest BCUT2D eigenvalue weighted by atomic mass is 19.4. The van der Waals surface area contributed by atoms with Crippen molar-refractivity contribution in [1.29, 1.82) is 0 Å². The van der Waals surface area contributed by atoms with Crippen molar-refractivity contribution < 1.29 is 18.0 Å². The third-order valence-electron chi connectivity index (χ3n) is 2.82. The summed E-state index contributed by atoms with van der Waals surface area (Å²) in [6, 6.07) is 13.8. The summed E-state index contributed by atoms with van der Waals surface area (Å²) in [5.74, 6) is -0.338. The highest BCUT2D eigenvalue weighted by Gasteiger charge is 2.30. The molecule has 3 nitrogen and oxygen atoms in total. The normalized spacial score (nSPS) is 11.6. The van der Waals surface area contributed by atoms with E-state index in [-0.39, 0.29) is 17.9 Å². The Hall–Kier alpha value is -2.63. The van der Waals surface area contributed by atoms with E-state index in [9.17, 15) is 18.0 Å². The van der Waals surface area contributed by atoms with Crippen molar-refractivity contribution in [2.75, 3.05) is 0 Å². The third-order valence-corrected chi connectivity index (χ3v) is 2.82. The predicted octanol–water partition coefficient (Wildman–Crippen LogP) is 3.40. The molecule has 0 aliphatic rings. The minimum absolute atomic E-state index is 0.154. The third kappa shape index (κ3) is 4.73. The lowest BCUT2D eigenvalue weighted by molar-refractivity contribution is -0.137. The van der Waals surface area contributed by atoms with E-state index in [1.54, 1.807) is 12.1 Å². The van der Waals surface area contributed by atoms with Gasteiger partial charge in [-0.1, -0.05) is 42.5 Å². The molecule has 0 aliphatic heterocycles. The largest absolute Gasteiger partial charge is 0.416 e. The molecular formula is C16H13F3N2O. The van der Waals surface area contributed by atoms with Crippen molar-refractivity contribution in [2.24, 2.45) is 5.10 Å². The molecule has 0 spiro atoms. The van der Waals surface area contributed by atoms with Gasteiger partial charge in [-0.25, -0.2) is 5.43 Å². The van der Waals surface area contributed by atoms with Crippen molar-refractivity contribution in [3.63, 3.8) is 0 Å². The number of hydrogen-bond donors (Lipinski definition) is 1. The Morgan fingerprint density at radius 2 is 1.82 bits per heavy atom. The summed E-state index contributed by atoms with van der Waals surface area (Å²) in [4.78, 5) is 11.6. The van der Waals surface area contributed by atoms with E-state index < -0.39 is 11.7 Å². The fourth-order valence-electron chi connectivity index (χ4n) is 1.79. The molecule has 2 rings (SSSR count). The molecule has 6 heteroatoms. The van der Waals surface area contributed by atoms with Crippen molar-refractivity contribution in [3.05, 3.63) is 71.3 Å². The van der Waals surface area contributed by atoms with Crippen LogP contribution in [0.1, 0.15) is 16.7 Å². The van der Waals surface area contributed by atoms with E-state index in [1.807, 2.05) is 18.2 Å². The van der Waals surface area contributed by atoms with Crippen LogP contribution in [0.25, 0.3) is 0 Å².